The average molecular weight is 467 g/mol. The van der Waals surface area contributed by atoms with Crippen LogP contribution in [0.5, 0.6) is 0 Å². The minimum absolute atomic E-state index is 0.0289. The third-order valence-corrected chi connectivity index (χ3v) is 7.26. The van der Waals surface area contributed by atoms with Crippen LogP contribution in [0.3, 0.4) is 0 Å². The molecule has 178 valence electrons. The van der Waals surface area contributed by atoms with E-state index in [1.54, 1.807) is 24.3 Å². The van der Waals surface area contributed by atoms with E-state index < -0.39 is 27.9 Å². The van der Waals surface area contributed by atoms with Crippen LogP contribution in [0.1, 0.15) is 52.0 Å². The summed E-state index contributed by atoms with van der Waals surface area (Å²) in [7, 11) is -3.75. The Morgan fingerprint density at radius 1 is 1.03 bits per heavy atom. The summed E-state index contributed by atoms with van der Waals surface area (Å²) in [5.74, 6) is 0.273. The highest BCUT2D eigenvalue weighted by atomic mass is 32.2. The van der Waals surface area contributed by atoms with Crippen LogP contribution in [0.2, 0.25) is 0 Å². The SMILES string of the molecule is Cc1ccc(S(=O)(=O)OCCC2CCN(C(=O)[C@@H]3CCN3C(=O)OC(C)(C)C)CC2)cc1. The van der Waals surface area contributed by atoms with Crippen LogP contribution in [0, 0.1) is 12.8 Å². The molecule has 2 saturated heterocycles. The van der Waals surface area contributed by atoms with Crippen molar-refractivity contribution in [1.82, 2.24) is 9.80 Å². The maximum absolute atomic E-state index is 12.9. The average Bonchev–Trinajstić information content (AvgIpc) is 2.66. The summed E-state index contributed by atoms with van der Waals surface area (Å²) < 4.78 is 35.2. The number of benzene rings is 1. The summed E-state index contributed by atoms with van der Waals surface area (Å²) in [6.45, 7) is 9.19. The predicted molar refractivity (Wildman–Crippen MR) is 120 cm³/mol. The standard InChI is InChI=1S/C23H34N2O6S/c1-17-5-7-19(8-6-17)32(28,29)30-16-12-18-9-13-24(14-10-18)21(26)20-11-15-25(20)22(27)31-23(2,3)4/h5-8,18,20H,9-16H2,1-4H3/t20-/m0/s1. The van der Waals surface area contributed by atoms with Crippen LogP contribution in [0.4, 0.5) is 4.79 Å². The molecule has 1 aromatic carbocycles. The molecule has 2 aliphatic heterocycles. The number of amides is 2. The number of ether oxygens (including phenoxy) is 1. The second kappa shape index (κ2) is 9.79. The Hall–Kier alpha value is -2.13. The third kappa shape index (κ3) is 6.22. The van der Waals surface area contributed by atoms with Gasteiger partial charge >= 0.3 is 6.09 Å². The molecule has 2 amide bonds. The first-order chi connectivity index (χ1) is 15.0. The summed E-state index contributed by atoms with van der Waals surface area (Å²) in [4.78, 5) is 28.6. The zero-order valence-corrected chi connectivity index (χ0v) is 20.2. The zero-order valence-electron chi connectivity index (χ0n) is 19.4. The fourth-order valence-corrected chi connectivity index (χ4v) is 4.85. The number of likely N-dealkylation sites (tertiary alicyclic amines) is 2. The lowest BCUT2D eigenvalue weighted by Gasteiger charge is -2.43. The Morgan fingerprint density at radius 2 is 1.66 bits per heavy atom. The zero-order chi connectivity index (χ0) is 23.5. The van der Waals surface area contributed by atoms with Gasteiger partial charge in [-0.25, -0.2) is 4.79 Å². The molecule has 2 fully saturated rings. The van der Waals surface area contributed by atoms with E-state index in [2.05, 4.69) is 0 Å². The molecule has 1 atom stereocenters. The minimum Gasteiger partial charge on any atom is -0.444 e. The van der Waals surface area contributed by atoms with E-state index in [4.69, 9.17) is 8.92 Å². The number of aryl methyl sites for hydroxylation is 1. The fraction of sp³-hybridized carbons (Fsp3) is 0.652. The molecule has 0 unspecified atom stereocenters. The lowest BCUT2D eigenvalue weighted by molar-refractivity contribution is -0.142. The molecule has 1 aromatic rings. The van der Waals surface area contributed by atoms with Crippen LogP contribution in [-0.2, 0) is 23.8 Å². The normalized spacial score (nSPS) is 20.1. The first-order valence-corrected chi connectivity index (χ1v) is 12.6. The van der Waals surface area contributed by atoms with Crippen LogP contribution in [0.15, 0.2) is 29.2 Å². The lowest BCUT2D eigenvalue weighted by Crippen LogP contribution is -2.60. The molecule has 9 heteroatoms. The first kappa shape index (κ1) is 24.5. The first-order valence-electron chi connectivity index (χ1n) is 11.2. The fourth-order valence-electron chi connectivity index (χ4n) is 3.93. The smallest absolute Gasteiger partial charge is 0.410 e. The highest BCUT2D eigenvalue weighted by molar-refractivity contribution is 7.86. The number of rotatable bonds is 6. The van der Waals surface area contributed by atoms with Crippen molar-refractivity contribution in [3.05, 3.63) is 29.8 Å². The van der Waals surface area contributed by atoms with Gasteiger partial charge in [0, 0.05) is 19.6 Å². The van der Waals surface area contributed by atoms with Gasteiger partial charge in [0.05, 0.1) is 11.5 Å². The maximum atomic E-state index is 12.9. The molecule has 0 aromatic heterocycles. The number of carbonyl (C=O) groups excluding carboxylic acids is 2. The second-order valence-corrected chi connectivity index (χ2v) is 11.2. The molecule has 32 heavy (non-hydrogen) atoms. The van der Waals surface area contributed by atoms with Crippen molar-refractivity contribution in [1.29, 1.82) is 0 Å². The molecule has 3 rings (SSSR count). The second-order valence-electron chi connectivity index (χ2n) is 9.62. The van der Waals surface area contributed by atoms with Crippen molar-refractivity contribution in [3.8, 4) is 0 Å². The van der Waals surface area contributed by atoms with Crippen molar-refractivity contribution < 1.29 is 26.9 Å². The van der Waals surface area contributed by atoms with Crippen molar-refractivity contribution in [2.45, 2.75) is 69.9 Å². The minimum atomic E-state index is -3.75. The van der Waals surface area contributed by atoms with Gasteiger partial charge in [-0.3, -0.25) is 13.9 Å². The summed E-state index contributed by atoms with van der Waals surface area (Å²) in [5.41, 5.74) is 0.398. The van der Waals surface area contributed by atoms with Gasteiger partial charge in [-0.15, -0.1) is 0 Å². The Labute approximate surface area is 191 Å². The molecular formula is C23H34N2O6S. The van der Waals surface area contributed by atoms with Gasteiger partial charge in [0.2, 0.25) is 5.91 Å². The molecule has 2 heterocycles. The third-order valence-electron chi connectivity index (χ3n) is 5.93. The van der Waals surface area contributed by atoms with Gasteiger partial charge in [0.1, 0.15) is 11.6 Å². The Kier molecular flexibility index (Phi) is 7.50. The molecule has 0 saturated carbocycles. The summed E-state index contributed by atoms with van der Waals surface area (Å²) >= 11 is 0. The number of hydrogen-bond donors (Lipinski definition) is 0. The molecule has 0 N–H and O–H groups in total. The van der Waals surface area contributed by atoms with Crippen molar-refractivity contribution in [3.63, 3.8) is 0 Å². The number of hydrogen-bond acceptors (Lipinski definition) is 6. The van der Waals surface area contributed by atoms with Crippen molar-refractivity contribution >= 4 is 22.1 Å². The van der Waals surface area contributed by atoms with E-state index in [1.807, 2.05) is 32.6 Å². The van der Waals surface area contributed by atoms with Crippen LogP contribution in [-0.4, -0.2) is 68.1 Å². The Balaban J connectivity index is 1.42. The van der Waals surface area contributed by atoms with Gasteiger partial charge in [0.15, 0.2) is 0 Å². The molecule has 0 radical (unpaired) electrons. The quantitative estimate of drug-likeness (QED) is 0.597. The van der Waals surface area contributed by atoms with E-state index in [1.165, 1.54) is 4.90 Å². The van der Waals surface area contributed by atoms with E-state index >= 15 is 0 Å². The molecule has 0 bridgehead atoms. The molecular weight excluding hydrogens is 432 g/mol. The number of nitrogens with zero attached hydrogens (tertiary/aromatic N) is 2. The summed E-state index contributed by atoms with van der Waals surface area (Å²) in [6.07, 6.45) is 2.42. The van der Waals surface area contributed by atoms with E-state index in [0.29, 0.717) is 38.4 Å². The molecule has 8 nitrogen and oxygen atoms in total. The van der Waals surface area contributed by atoms with Gasteiger partial charge in [-0.1, -0.05) is 17.7 Å². The van der Waals surface area contributed by atoms with E-state index in [-0.39, 0.29) is 17.4 Å². The van der Waals surface area contributed by atoms with Gasteiger partial charge in [0.25, 0.3) is 10.1 Å². The van der Waals surface area contributed by atoms with Gasteiger partial charge in [-0.2, -0.15) is 8.42 Å². The number of piperidine rings is 1. The largest absolute Gasteiger partial charge is 0.444 e. The topological polar surface area (TPSA) is 93.2 Å². The Bertz CT molecular complexity index is 915. The van der Waals surface area contributed by atoms with E-state index in [0.717, 1.165) is 18.4 Å². The monoisotopic (exact) mass is 466 g/mol. The molecule has 0 aliphatic carbocycles. The van der Waals surface area contributed by atoms with Crippen LogP contribution >= 0.6 is 0 Å². The van der Waals surface area contributed by atoms with Gasteiger partial charge < -0.3 is 9.64 Å². The highest BCUT2D eigenvalue weighted by Gasteiger charge is 2.42. The highest BCUT2D eigenvalue weighted by Crippen LogP contribution is 2.27. The predicted octanol–water partition coefficient (Wildman–Crippen LogP) is 3.34. The van der Waals surface area contributed by atoms with E-state index in [9.17, 15) is 18.0 Å². The lowest BCUT2D eigenvalue weighted by atomic mass is 9.92. The van der Waals surface area contributed by atoms with Crippen LogP contribution < -0.4 is 0 Å². The van der Waals surface area contributed by atoms with Crippen molar-refractivity contribution in [2.24, 2.45) is 5.92 Å². The van der Waals surface area contributed by atoms with Crippen molar-refractivity contribution in [2.75, 3.05) is 26.2 Å². The molecule has 0 spiro atoms. The van der Waals surface area contributed by atoms with Crippen LogP contribution in [0.25, 0.3) is 0 Å². The summed E-state index contributed by atoms with van der Waals surface area (Å²) in [6, 6.07) is 6.15. The Morgan fingerprint density at radius 3 is 2.19 bits per heavy atom. The summed E-state index contributed by atoms with van der Waals surface area (Å²) in [5, 5.41) is 0. The number of carbonyl (C=O) groups is 2. The molecule has 2 aliphatic rings. The maximum Gasteiger partial charge on any atom is 0.410 e. The van der Waals surface area contributed by atoms with Gasteiger partial charge in [-0.05, 0) is 71.4 Å².